The number of aliphatic hydroxyl groups is 2. The zero-order chi connectivity index (χ0) is 41.3. The number of methoxy groups -OCH3 is 2. The van der Waals surface area contributed by atoms with E-state index in [1.807, 2.05) is 90.9 Å². The summed E-state index contributed by atoms with van der Waals surface area (Å²) in [7, 11) is 3.14. The molecule has 296 valence electrons. The van der Waals surface area contributed by atoms with Crippen molar-refractivity contribution < 1.29 is 34.4 Å². The number of rotatable bonds is 9. The van der Waals surface area contributed by atoms with Gasteiger partial charge in [0, 0.05) is 63.8 Å². The number of Topliss-reactive ketones (excluding diaryl/α,β-unsaturated/α-hetero) is 2. The van der Waals surface area contributed by atoms with Crippen molar-refractivity contribution in [2.24, 2.45) is 11.8 Å². The first-order valence-corrected chi connectivity index (χ1v) is 19.4. The molecule has 3 aliphatic carbocycles. The summed E-state index contributed by atoms with van der Waals surface area (Å²) >= 11 is 0. The summed E-state index contributed by atoms with van der Waals surface area (Å²) < 4.78 is 10.7. The van der Waals surface area contributed by atoms with Crippen LogP contribution >= 0.6 is 0 Å². The number of fused-ring (bicyclic) bond motifs is 2. The fraction of sp³-hybridized carbons (Fsp3) is 0.292. The Balaban J connectivity index is 0.00000175. The van der Waals surface area contributed by atoms with Crippen LogP contribution in [-0.4, -0.2) is 41.1 Å². The summed E-state index contributed by atoms with van der Waals surface area (Å²) in [5.74, 6) is -1.09. The van der Waals surface area contributed by atoms with Crippen LogP contribution in [0.3, 0.4) is 0 Å². The van der Waals surface area contributed by atoms with Gasteiger partial charge in [-0.1, -0.05) is 71.2 Å². The molecule has 0 saturated heterocycles. The monoisotopic (exact) mass is 768 g/mol. The lowest BCUT2D eigenvalue weighted by atomic mass is 9.74. The molecule has 57 heavy (non-hydrogen) atoms. The highest BCUT2D eigenvalue weighted by Gasteiger charge is 2.37. The molecule has 4 aromatic carbocycles. The van der Waals surface area contributed by atoms with E-state index >= 15 is 0 Å². The van der Waals surface area contributed by atoms with Crippen LogP contribution in [0.4, 0.5) is 11.4 Å². The molecule has 3 aliphatic rings. The van der Waals surface area contributed by atoms with E-state index in [1.165, 1.54) is 25.5 Å². The summed E-state index contributed by atoms with van der Waals surface area (Å²) in [6.45, 7) is 13.4. The number of hydrogen-bond donors (Lipinski definition) is 5. The van der Waals surface area contributed by atoms with E-state index in [2.05, 4.69) is 10.6 Å². The van der Waals surface area contributed by atoms with Gasteiger partial charge in [-0.25, -0.2) is 0 Å². The molecule has 0 spiro atoms. The van der Waals surface area contributed by atoms with Gasteiger partial charge in [0.25, 0.3) is 0 Å². The van der Waals surface area contributed by atoms with Crippen LogP contribution in [0.2, 0.25) is 0 Å². The van der Waals surface area contributed by atoms with Crippen molar-refractivity contribution >= 4 is 45.2 Å². The maximum atomic E-state index is 14.0. The molecule has 5 N–H and O–H groups in total. The molecule has 9 heteroatoms. The van der Waals surface area contributed by atoms with Crippen LogP contribution in [0.15, 0.2) is 84.6 Å². The molecule has 7 rings (SSSR count). The number of aryl methyl sites for hydroxylation is 2. The average molecular weight is 769 g/mol. The maximum Gasteiger partial charge on any atom is 0.229 e. The summed E-state index contributed by atoms with van der Waals surface area (Å²) in [5.41, 5.74) is 8.28. The van der Waals surface area contributed by atoms with Gasteiger partial charge >= 0.3 is 0 Å². The number of aromatic hydroxyl groups is 1. The van der Waals surface area contributed by atoms with Crippen LogP contribution in [0.25, 0.3) is 33.4 Å². The summed E-state index contributed by atoms with van der Waals surface area (Å²) in [6.07, 6.45) is 7.60. The van der Waals surface area contributed by atoms with Gasteiger partial charge in [0.2, 0.25) is 11.6 Å². The van der Waals surface area contributed by atoms with Crippen molar-refractivity contribution in [3.05, 3.63) is 124 Å². The van der Waals surface area contributed by atoms with E-state index < -0.39 is 11.6 Å². The summed E-state index contributed by atoms with van der Waals surface area (Å²) in [5, 5.41) is 41.5. The van der Waals surface area contributed by atoms with Crippen LogP contribution in [0.1, 0.15) is 85.9 Å². The number of aliphatic hydroxyl groups excluding tert-OH is 2. The number of anilines is 2. The second-order valence-corrected chi connectivity index (χ2v) is 15.4. The van der Waals surface area contributed by atoms with Gasteiger partial charge in [0.05, 0.1) is 19.8 Å². The van der Waals surface area contributed by atoms with E-state index in [9.17, 15) is 24.9 Å². The second-order valence-electron chi connectivity index (χ2n) is 15.4. The first kappa shape index (κ1) is 40.4. The molecule has 0 unspecified atom stereocenters. The number of phenols is 1. The minimum Gasteiger partial charge on any atom is -0.507 e. The largest absolute Gasteiger partial charge is 0.507 e. The molecule has 0 aromatic heterocycles. The third kappa shape index (κ3) is 7.79. The van der Waals surface area contributed by atoms with E-state index in [-0.39, 0.29) is 40.2 Å². The molecule has 0 aliphatic heterocycles. The molecule has 0 atom stereocenters. The van der Waals surface area contributed by atoms with E-state index in [4.69, 9.17) is 9.47 Å². The van der Waals surface area contributed by atoms with Gasteiger partial charge < -0.3 is 35.4 Å². The van der Waals surface area contributed by atoms with Crippen molar-refractivity contribution in [3.8, 4) is 28.4 Å². The van der Waals surface area contributed by atoms with Crippen molar-refractivity contribution in [3.63, 3.8) is 0 Å². The summed E-state index contributed by atoms with van der Waals surface area (Å²) in [4.78, 5) is 28.0. The van der Waals surface area contributed by atoms with E-state index in [0.29, 0.717) is 73.0 Å². The molecule has 1 saturated carbocycles. The number of benzene rings is 4. The number of ketones is 2. The normalized spacial score (nSPS) is 16.1. The lowest BCUT2D eigenvalue weighted by Crippen LogP contribution is -2.20. The predicted octanol–water partition coefficient (Wildman–Crippen LogP) is 11.1. The zero-order valence-electron chi connectivity index (χ0n) is 34.2. The lowest BCUT2D eigenvalue weighted by Gasteiger charge is -2.30. The quantitative estimate of drug-likeness (QED) is 0.105. The average Bonchev–Trinajstić information content (AvgIpc) is 4.07. The van der Waals surface area contributed by atoms with Gasteiger partial charge in [-0.3, -0.25) is 9.59 Å². The Labute approximate surface area is 335 Å². The Morgan fingerprint density at radius 3 is 1.44 bits per heavy atom. The van der Waals surface area contributed by atoms with Crippen LogP contribution in [0.5, 0.6) is 17.2 Å². The molecule has 0 bridgehead atoms. The third-order valence-electron chi connectivity index (χ3n) is 10.5. The zero-order valence-corrected chi connectivity index (χ0v) is 34.2. The molecule has 1 fully saturated rings. The van der Waals surface area contributed by atoms with Gasteiger partial charge in [0.1, 0.15) is 17.2 Å². The van der Waals surface area contributed by atoms with Gasteiger partial charge in [-0.15, -0.1) is 0 Å². The third-order valence-corrected chi connectivity index (χ3v) is 10.5. The lowest BCUT2D eigenvalue weighted by molar-refractivity contribution is -0.113. The SMILES string of the molecule is C1CC1.COc1cccc(N/C=C2\C(=O)C(O)=C(C(C)C)c3cc(C)c(-c4c(C)cc5c(c4C)/C(=C\Nc4cccc(OC)c4)C(=O)C(O)=C5C(C)C)c(O)c32)c1. The topological polar surface area (TPSA) is 137 Å². The van der Waals surface area contributed by atoms with Crippen LogP contribution in [0, 0.1) is 32.6 Å². The first-order chi connectivity index (χ1) is 27.2. The number of nitrogens with one attached hydrogen (secondary N) is 2. The number of carbonyl (C=O) groups is 2. The predicted molar refractivity (Wildman–Crippen MR) is 230 cm³/mol. The number of carbonyl (C=O) groups excluding carboxylic acids is 2. The highest BCUT2D eigenvalue weighted by Crippen LogP contribution is 2.51. The van der Waals surface area contributed by atoms with Crippen molar-refractivity contribution in [1.82, 2.24) is 0 Å². The first-order valence-electron chi connectivity index (χ1n) is 19.4. The molecule has 0 radical (unpaired) electrons. The van der Waals surface area contributed by atoms with Gasteiger partial charge in [0.15, 0.2) is 11.5 Å². The van der Waals surface area contributed by atoms with Crippen molar-refractivity contribution in [1.29, 1.82) is 0 Å². The van der Waals surface area contributed by atoms with Crippen LogP contribution in [-0.2, 0) is 9.59 Å². The molecular formula is C48H52N2O7. The Bertz CT molecular complexity index is 2240. The van der Waals surface area contributed by atoms with E-state index in [1.54, 1.807) is 38.6 Å². The molecule has 0 heterocycles. The Morgan fingerprint density at radius 1 is 0.596 bits per heavy atom. The Kier molecular flexibility index (Phi) is 11.7. The minimum absolute atomic E-state index is 0.0925. The van der Waals surface area contributed by atoms with Crippen molar-refractivity contribution in [2.75, 3.05) is 24.9 Å². The number of hydrogen-bond acceptors (Lipinski definition) is 9. The fourth-order valence-corrected chi connectivity index (χ4v) is 7.69. The Hall–Kier alpha value is -6.22. The highest BCUT2D eigenvalue weighted by molar-refractivity contribution is 6.35. The maximum absolute atomic E-state index is 14.0. The highest BCUT2D eigenvalue weighted by atomic mass is 16.5. The van der Waals surface area contributed by atoms with Gasteiger partial charge in [-0.2, -0.15) is 0 Å². The summed E-state index contributed by atoms with van der Waals surface area (Å²) in [6, 6.07) is 18.3. The smallest absolute Gasteiger partial charge is 0.229 e. The fourth-order valence-electron chi connectivity index (χ4n) is 7.69. The molecular weight excluding hydrogens is 717 g/mol. The minimum atomic E-state index is -0.618. The van der Waals surface area contributed by atoms with E-state index in [0.717, 1.165) is 11.1 Å². The van der Waals surface area contributed by atoms with Crippen LogP contribution < -0.4 is 20.1 Å². The van der Waals surface area contributed by atoms with Gasteiger partial charge in [-0.05, 0) is 95.8 Å². The standard InChI is InChI=1S/C45H46N2O7.C3H6/c1-22(2)35-31-16-24(5)37(26(7)39(31)33(41(48)44(35)51)20-46-27-12-10-14-29(18-27)53-8)38-25(6)17-32-36(23(3)4)45(52)42(49)34(40(32)43(38)50)21-47-28-13-11-15-30(19-28)54-9;1-2-3-1/h10-23,46-47,50-52H,1-9H3;1-3H2/b33-20+,34-21-;. The number of phenolic OH excluding ortho intramolecular Hbond substituents is 1. The molecule has 9 nitrogen and oxygen atoms in total. The number of allylic oxidation sites excluding steroid dienone is 4. The molecule has 4 aromatic rings. The second kappa shape index (κ2) is 16.5. The number of ether oxygens (including phenoxy) is 2. The molecule has 0 amide bonds. The van der Waals surface area contributed by atoms with Crippen molar-refractivity contribution in [2.45, 2.75) is 67.7 Å². The Morgan fingerprint density at radius 2 is 1.02 bits per heavy atom.